The van der Waals surface area contributed by atoms with Crippen LogP contribution in [0, 0.1) is 5.82 Å². The van der Waals surface area contributed by atoms with Crippen molar-refractivity contribution in [3.8, 4) is 11.5 Å². The van der Waals surface area contributed by atoms with Crippen molar-refractivity contribution < 1.29 is 19.3 Å². The molecule has 0 amide bonds. The second-order valence-electron chi connectivity index (χ2n) is 4.13. The molecule has 2 rings (SSSR count). The van der Waals surface area contributed by atoms with Crippen LogP contribution in [0.25, 0.3) is 0 Å². The second-order valence-corrected chi connectivity index (χ2v) is 4.13. The van der Waals surface area contributed by atoms with Gasteiger partial charge in [-0.2, -0.15) is 0 Å². The number of ether oxygens (including phenoxy) is 1. The molecule has 0 radical (unpaired) electrons. The fourth-order valence-corrected chi connectivity index (χ4v) is 1.75. The number of hydrogen-bond donors (Lipinski definition) is 2. The summed E-state index contributed by atoms with van der Waals surface area (Å²) < 4.78 is 18.6. The molecule has 19 heavy (non-hydrogen) atoms. The van der Waals surface area contributed by atoms with E-state index in [1.807, 2.05) is 12.1 Å². The van der Waals surface area contributed by atoms with Crippen LogP contribution in [0.3, 0.4) is 0 Å². The summed E-state index contributed by atoms with van der Waals surface area (Å²) in [6.07, 6.45) is 0.596. The van der Waals surface area contributed by atoms with Gasteiger partial charge < -0.3 is 14.9 Å². The maximum Gasteiger partial charge on any atom is 0.133 e. The van der Waals surface area contributed by atoms with Gasteiger partial charge in [0.05, 0.1) is 6.61 Å². The minimum absolute atomic E-state index is 0.104. The van der Waals surface area contributed by atoms with Gasteiger partial charge in [0.25, 0.3) is 0 Å². The highest BCUT2D eigenvalue weighted by molar-refractivity contribution is 5.38. The molecule has 0 saturated carbocycles. The third kappa shape index (κ3) is 3.53. The van der Waals surface area contributed by atoms with Gasteiger partial charge in [-0.15, -0.1) is 0 Å². The van der Waals surface area contributed by atoms with E-state index in [1.165, 1.54) is 18.2 Å². The van der Waals surface area contributed by atoms with E-state index in [2.05, 4.69) is 0 Å². The van der Waals surface area contributed by atoms with Crippen LogP contribution in [0.15, 0.2) is 42.5 Å². The van der Waals surface area contributed by atoms with E-state index in [-0.39, 0.29) is 13.2 Å². The number of aliphatic hydroxyl groups is 2. The first-order chi connectivity index (χ1) is 9.22. The number of aliphatic hydroxyl groups excluding tert-OH is 2. The van der Waals surface area contributed by atoms with Crippen molar-refractivity contribution in [1.29, 1.82) is 0 Å². The first-order valence-electron chi connectivity index (χ1n) is 6.00. The summed E-state index contributed by atoms with van der Waals surface area (Å²) in [5.41, 5.74) is 1.41. The lowest BCUT2D eigenvalue weighted by atomic mass is 10.1. The smallest absolute Gasteiger partial charge is 0.133 e. The zero-order chi connectivity index (χ0) is 13.7. The Labute approximate surface area is 110 Å². The monoisotopic (exact) mass is 262 g/mol. The van der Waals surface area contributed by atoms with E-state index in [1.54, 1.807) is 12.1 Å². The molecule has 0 aliphatic carbocycles. The summed E-state index contributed by atoms with van der Waals surface area (Å²) in [5, 5.41) is 18.0. The first kappa shape index (κ1) is 13.5. The van der Waals surface area contributed by atoms with Gasteiger partial charge in [0, 0.05) is 12.2 Å². The molecule has 0 atom stereocenters. The molecule has 0 bridgehead atoms. The van der Waals surface area contributed by atoms with Gasteiger partial charge in [-0.3, -0.25) is 0 Å². The third-order valence-electron chi connectivity index (χ3n) is 2.74. The normalized spacial score (nSPS) is 10.5. The largest absolute Gasteiger partial charge is 0.457 e. The van der Waals surface area contributed by atoms with E-state index in [4.69, 9.17) is 14.9 Å². The SMILES string of the molecule is OCCc1ccc(Oc2ccc(F)cc2CO)cc1. The Bertz CT molecular complexity index is 538. The quantitative estimate of drug-likeness (QED) is 0.871. The molecule has 0 fully saturated rings. The fourth-order valence-electron chi connectivity index (χ4n) is 1.75. The van der Waals surface area contributed by atoms with Crippen LogP contribution in [0.1, 0.15) is 11.1 Å². The number of halogens is 1. The van der Waals surface area contributed by atoms with E-state index in [9.17, 15) is 4.39 Å². The van der Waals surface area contributed by atoms with Gasteiger partial charge in [0.2, 0.25) is 0 Å². The average Bonchev–Trinajstić information content (AvgIpc) is 2.43. The molecule has 4 heteroatoms. The molecule has 0 saturated heterocycles. The summed E-state index contributed by atoms with van der Waals surface area (Å²) >= 11 is 0. The molecule has 0 aromatic heterocycles. The zero-order valence-electron chi connectivity index (χ0n) is 10.3. The van der Waals surface area contributed by atoms with Crippen molar-refractivity contribution in [3.05, 3.63) is 59.4 Å². The maximum absolute atomic E-state index is 13.0. The molecule has 0 spiro atoms. The average molecular weight is 262 g/mol. The Kier molecular flexibility index (Phi) is 4.49. The Morgan fingerprint density at radius 2 is 1.74 bits per heavy atom. The highest BCUT2D eigenvalue weighted by atomic mass is 19.1. The predicted molar refractivity (Wildman–Crippen MR) is 69.6 cm³/mol. The Hall–Kier alpha value is -1.91. The van der Waals surface area contributed by atoms with Gasteiger partial charge in [0.1, 0.15) is 17.3 Å². The lowest BCUT2D eigenvalue weighted by Gasteiger charge is -2.10. The molecule has 2 aromatic carbocycles. The molecule has 2 N–H and O–H groups in total. The summed E-state index contributed by atoms with van der Waals surface area (Å²) in [5.74, 6) is 0.622. The van der Waals surface area contributed by atoms with Gasteiger partial charge in [-0.1, -0.05) is 12.1 Å². The molecule has 0 aliphatic rings. The molecular weight excluding hydrogens is 247 g/mol. The predicted octanol–water partition coefficient (Wildman–Crippen LogP) is 2.65. The summed E-state index contributed by atoms with van der Waals surface area (Å²) in [6, 6.07) is 11.3. The van der Waals surface area contributed by atoms with E-state index >= 15 is 0 Å². The zero-order valence-corrected chi connectivity index (χ0v) is 10.3. The van der Waals surface area contributed by atoms with Crippen LogP contribution in [0.5, 0.6) is 11.5 Å². The van der Waals surface area contributed by atoms with Crippen molar-refractivity contribution in [2.75, 3.05) is 6.61 Å². The highest BCUT2D eigenvalue weighted by Crippen LogP contribution is 2.26. The first-order valence-corrected chi connectivity index (χ1v) is 6.00. The van der Waals surface area contributed by atoms with Crippen LogP contribution in [0.4, 0.5) is 4.39 Å². The van der Waals surface area contributed by atoms with Crippen LogP contribution < -0.4 is 4.74 Å². The van der Waals surface area contributed by atoms with Crippen molar-refractivity contribution in [2.45, 2.75) is 13.0 Å². The minimum atomic E-state index is -0.408. The topological polar surface area (TPSA) is 49.7 Å². The standard InChI is InChI=1S/C15H15FO3/c16-13-3-6-15(12(9-13)10-18)19-14-4-1-11(2-5-14)7-8-17/h1-6,9,17-18H,7-8,10H2. The Morgan fingerprint density at radius 1 is 1.00 bits per heavy atom. The van der Waals surface area contributed by atoms with E-state index in [0.29, 0.717) is 23.5 Å². The van der Waals surface area contributed by atoms with Gasteiger partial charge in [0.15, 0.2) is 0 Å². The number of benzene rings is 2. The molecule has 3 nitrogen and oxygen atoms in total. The summed E-state index contributed by atoms with van der Waals surface area (Å²) in [6.45, 7) is -0.178. The fraction of sp³-hybridized carbons (Fsp3) is 0.200. The lowest BCUT2D eigenvalue weighted by Crippen LogP contribution is -1.94. The van der Waals surface area contributed by atoms with Crippen LogP contribution in [0.2, 0.25) is 0 Å². The lowest BCUT2D eigenvalue weighted by molar-refractivity contribution is 0.275. The van der Waals surface area contributed by atoms with Crippen LogP contribution in [-0.4, -0.2) is 16.8 Å². The molecule has 100 valence electrons. The van der Waals surface area contributed by atoms with E-state index < -0.39 is 5.82 Å². The third-order valence-corrected chi connectivity index (χ3v) is 2.74. The Balaban J connectivity index is 2.16. The highest BCUT2D eigenvalue weighted by Gasteiger charge is 2.06. The maximum atomic E-state index is 13.0. The van der Waals surface area contributed by atoms with Crippen molar-refractivity contribution in [1.82, 2.24) is 0 Å². The molecule has 0 heterocycles. The van der Waals surface area contributed by atoms with Crippen molar-refractivity contribution >= 4 is 0 Å². The number of hydrogen-bond acceptors (Lipinski definition) is 3. The summed E-state index contributed by atoms with van der Waals surface area (Å²) in [7, 11) is 0. The van der Waals surface area contributed by atoms with Gasteiger partial charge in [-0.25, -0.2) is 4.39 Å². The van der Waals surface area contributed by atoms with Crippen LogP contribution >= 0.6 is 0 Å². The van der Waals surface area contributed by atoms with Gasteiger partial charge in [-0.05, 0) is 42.3 Å². The van der Waals surface area contributed by atoms with Crippen molar-refractivity contribution in [3.63, 3.8) is 0 Å². The molecule has 0 unspecified atom stereocenters. The summed E-state index contributed by atoms with van der Waals surface area (Å²) in [4.78, 5) is 0. The Morgan fingerprint density at radius 3 is 2.37 bits per heavy atom. The molecule has 2 aromatic rings. The van der Waals surface area contributed by atoms with Crippen LogP contribution in [-0.2, 0) is 13.0 Å². The van der Waals surface area contributed by atoms with Crippen molar-refractivity contribution in [2.24, 2.45) is 0 Å². The molecular formula is C15H15FO3. The van der Waals surface area contributed by atoms with E-state index in [0.717, 1.165) is 5.56 Å². The molecule has 0 aliphatic heterocycles. The van der Waals surface area contributed by atoms with Gasteiger partial charge >= 0.3 is 0 Å². The second kappa shape index (κ2) is 6.31. The minimum Gasteiger partial charge on any atom is -0.457 e. The number of rotatable bonds is 5.